The molecule has 2 aromatic rings. The summed E-state index contributed by atoms with van der Waals surface area (Å²) >= 11 is 0. The van der Waals surface area contributed by atoms with Crippen LogP contribution in [0, 0.1) is 13.8 Å². The van der Waals surface area contributed by atoms with Gasteiger partial charge in [-0.05, 0) is 50.1 Å². The first kappa shape index (κ1) is 21.3. The van der Waals surface area contributed by atoms with Crippen LogP contribution in [0.4, 0.5) is 0 Å². The number of benzene rings is 2. The Balaban J connectivity index is 1.86. The lowest BCUT2D eigenvalue weighted by Gasteiger charge is -2.18. The highest BCUT2D eigenvalue weighted by molar-refractivity contribution is 5.96. The lowest BCUT2D eigenvalue weighted by atomic mass is 10.1. The molecule has 6 heteroatoms. The van der Waals surface area contributed by atoms with Gasteiger partial charge in [0.1, 0.15) is 0 Å². The van der Waals surface area contributed by atoms with Gasteiger partial charge >= 0.3 is 0 Å². The molecule has 0 saturated heterocycles. The van der Waals surface area contributed by atoms with Gasteiger partial charge in [-0.1, -0.05) is 23.3 Å². The highest BCUT2D eigenvalue weighted by Crippen LogP contribution is 2.27. The fourth-order valence-electron chi connectivity index (χ4n) is 2.96. The number of ether oxygens (including phenoxy) is 2. The molecule has 0 aromatic heterocycles. The molecule has 0 aliphatic rings. The van der Waals surface area contributed by atoms with Gasteiger partial charge in [0.25, 0.3) is 5.91 Å². The van der Waals surface area contributed by atoms with Crippen LogP contribution in [-0.4, -0.2) is 51.1 Å². The van der Waals surface area contributed by atoms with Crippen LogP contribution < -0.4 is 14.8 Å². The van der Waals surface area contributed by atoms with Crippen LogP contribution in [0.5, 0.6) is 11.5 Å². The lowest BCUT2D eigenvalue weighted by molar-refractivity contribution is -0.128. The molecule has 1 N–H and O–H groups in total. The van der Waals surface area contributed by atoms with E-state index in [9.17, 15) is 9.59 Å². The Kier molecular flexibility index (Phi) is 7.44. The number of methoxy groups -OCH3 is 2. The summed E-state index contributed by atoms with van der Waals surface area (Å²) < 4.78 is 10.5. The number of hydrogen-bond acceptors (Lipinski definition) is 4. The van der Waals surface area contributed by atoms with Gasteiger partial charge in [-0.25, -0.2) is 0 Å². The van der Waals surface area contributed by atoms with E-state index >= 15 is 0 Å². The molecule has 0 fully saturated rings. The topological polar surface area (TPSA) is 67.9 Å². The van der Waals surface area contributed by atoms with Gasteiger partial charge < -0.3 is 19.7 Å². The molecular weight excluding hydrogens is 356 g/mol. The number of likely N-dealkylation sites (N-methyl/N-ethyl adjacent to an activating group) is 1. The Morgan fingerprint density at radius 2 is 1.61 bits per heavy atom. The largest absolute Gasteiger partial charge is 0.493 e. The van der Waals surface area contributed by atoms with Crippen LogP contribution in [0.15, 0.2) is 36.4 Å². The first-order valence-electron chi connectivity index (χ1n) is 9.15. The third-order valence-corrected chi connectivity index (χ3v) is 4.49. The van der Waals surface area contributed by atoms with Crippen molar-refractivity contribution in [3.05, 3.63) is 58.7 Å². The van der Waals surface area contributed by atoms with Gasteiger partial charge in [-0.15, -0.1) is 0 Å². The summed E-state index contributed by atoms with van der Waals surface area (Å²) in [5.41, 5.74) is 3.64. The van der Waals surface area contributed by atoms with Crippen LogP contribution in [0.25, 0.3) is 0 Å². The van der Waals surface area contributed by atoms with Gasteiger partial charge in [0.15, 0.2) is 11.5 Å². The molecule has 28 heavy (non-hydrogen) atoms. The predicted molar refractivity (Wildman–Crippen MR) is 109 cm³/mol. The highest BCUT2D eigenvalue weighted by atomic mass is 16.5. The van der Waals surface area contributed by atoms with Crippen molar-refractivity contribution in [2.24, 2.45) is 0 Å². The summed E-state index contributed by atoms with van der Waals surface area (Å²) in [6.45, 7) is 4.38. The fourth-order valence-corrected chi connectivity index (χ4v) is 2.96. The van der Waals surface area contributed by atoms with E-state index in [1.54, 1.807) is 26.2 Å². The molecule has 150 valence electrons. The fraction of sp³-hybridized carbons (Fsp3) is 0.364. The minimum atomic E-state index is -0.242. The smallest absolute Gasteiger partial charge is 0.251 e. The molecule has 2 aromatic carbocycles. The molecule has 0 heterocycles. The number of carbonyl (C=O) groups is 2. The van der Waals surface area contributed by atoms with Crippen molar-refractivity contribution in [3.8, 4) is 11.5 Å². The van der Waals surface area contributed by atoms with E-state index < -0.39 is 0 Å². The molecule has 0 unspecified atom stereocenters. The van der Waals surface area contributed by atoms with Crippen molar-refractivity contribution in [3.63, 3.8) is 0 Å². The Bertz CT molecular complexity index is 828. The quantitative estimate of drug-likeness (QED) is 0.760. The zero-order valence-electron chi connectivity index (χ0n) is 17.2. The molecule has 0 spiro atoms. The second-order valence-corrected chi connectivity index (χ2v) is 6.81. The zero-order valence-corrected chi connectivity index (χ0v) is 17.2. The van der Waals surface area contributed by atoms with Crippen molar-refractivity contribution >= 4 is 11.8 Å². The van der Waals surface area contributed by atoms with Crippen LogP contribution >= 0.6 is 0 Å². The predicted octanol–water partition coefficient (Wildman–Crippen LogP) is 2.75. The van der Waals surface area contributed by atoms with Gasteiger partial charge in [0, 0.05) is 19.2 Å². The van der Waals surface area contributed by atoms with E-state index in [1.807, 2.05) is 50.2 Å². The maximum absolute atomic E-state index is 12.3. The summed E-state index contributed by atoms with van der Waals surface area (Å²) in [5, 5.41) is 2.70. The number of carbonyl (C=O) groups excluding carboxylic acids is 2. The summed E-state index contributed by atoms with van der Waals surface area (Å²) in [5.74, 6) is 0.950. The average molecular weight is 384 g/mol. The number of hydrogen-bond donors (Lipinski definition) is 1. The number of rotatable bonds is 8. The second kappa shape index (κ2) is 9.78. The molecular formula is C22H28N2O4. The molecule has 2 amide bonds. The standard InChI is InChI=1S/C22H28N2O4/c1-15-10-16(2)12-18(11-15)22(26)23-14-21(25)24(3)9-8-17-6-7-19(27-4)20(13-17)28-5/h6-7,10-13H,8-9,14H2,1-5H3,(H,23,26). The molecule has 0 atom stereocenters. The molecule has 2 rings (SSSR count). The molecule has 0 aliphatic heterocycles. The first-order chi connectivity index (χ1) is 13.3. The van der Waals surface area contributed by atoms with E-state index in [4.69, 9.17) is 9.47 Å². The summed E-state index contributed by atoms with van der Waals surface area (Å²) in [7, 11) is 4.91. The van der Waals surface area contributed by atoms with Gasteiger partial charge in [0.2, 0.25) is 5.91 Å². The van der Waals surface area contributed by atoms with Gasteiger partial charge in [-0.3, -0.25) is 9.59 Å². The monoisotopic (exact) mass is 384 g/mol. The molecule has 6 nitrogen and oxygen atoms in total. The highest BCUT2D eigenvalue weighted by Gasteiger charge is 2.13. The molecule has 0 aliphatic carbocycles. The molecule has 0 radical (unpaired) electrons. The minimum absolute atomic E-state index is 0.0335. The Labute approximate surface area is 166 Å². The normalized spacial score (nSPS) is 10.3. The van der Waals surface area contributed by atoms with E-state index in [0.29, 0.717) is 30.0 Å². The SMILES string of the molecule is COc1ccc(CCN(C)C(=O)CNC(=O)c2cc(C)cc(C)c2)cc1OC. The maximum Gasteiger partial charge on any atom is 0.251 e. The van der Waals surface area contributed by atoms with Crippen molar-refractivity contribution in [2.45, 2.75) is 20.3 Å². The van der Waals surface area contributed by atoms with E-state index in [-0.39, 0.29) is 18.4 Å². The van der Waals surface area contributed by atoms with Crippen molar-refractivity contribution in [1.82, 2.24) is 10.2 Å². The summed E-state index contributed by atoms with van der Waals surface area (Å²) in [4.78, 5) is 26.2. The Morgan fingerprint density at radius 1 is 0.964 bits per heavy atom. The van der Waals surface area contributed by atoms with Crippen LogP contribution in [0.1, 0.15) is 27.0 Å². The third-order valence-electron chi connectivity index (χ3n) is 4.49. The second-order valence-electron chi connectivity index (χ2n) is 6.81. The van der Waals surface area contributed by atoms with E-state index in [2.05, 4.69) is 5.32 Å². The zero-order chi connectivity index (χ0) is 20.7. The Morgan fingerprint density at radius 3 is 2.21 bits per heavy atom. The third kappa shape index (κ3) is 5.74. The summed E-state index contributed by atoms with van der Waals surface area (Å²) in [6, 6.07) is 11.3. The average Bonchev–Trinajstić information content (AvgIpc) is 2.68. The van der Waals surface area contributed by atoms with Gasteiger partial charge in [-0.2, -0.15) is 0 Å². The minimum Gasteiger partial charge on any atom is -0.493 e. The van der Waals surface area contributed by atoms with Crippen LogP contribution in [0.2, 0.25) is 0 Å². The van der Waals surface area contributed by atoms with Crippen LogP contribution in [-0.2, 0) is 11.2 Å². The first-order valence-corrected chi connectivity index (χ1v) is 9.15. The number of nitrogens with one attached hydrogen (secondary N) is 1. The van der Waals surface area contributed by atoms with Crippen molar-refractivity contribution in [2.75, 3.05) is 34.4 Å². The lowest BCUT2D eigenvalue weighted by Crippen LogP contribution is -2.39. The summed E-state index contributed by atoms with van der Waals surface area (Å²) in [6.07, 6.45) is 0.674. The van der Waals surface area contributed by atoms with Crippen LogP contribution in [0.3, 0.4) is 0 Å². The molecule has 0 saturated carbocycles. The molecule has 0 bridgehead atoms. The number of amides is 2. The Hall–Kier alpha value is -3.02. The maximum atomic E-state index is 12.3. The van der Waals surface area contributed by atoms with Gasteiger partial charge in [0.05, 0.1) is 20.8 Å². The van der Waals surface area contributed by atoms with E-state index in [1.165, 1.54) is 0 Å². The van der Waals surface area contributed by atoms with E-state index in [0.717, 1.165) is 16.7 Å². The van der Waals surface area contributed by atoms with Crippen molar-refractivity contribution in [1.29, 1.82) is 0 Å². The number of nitrogens with zero attached hydrogens (tertiary/aromatic N) is 1. The number of aryl methyl sites for hydroxylation is 2. The van der Waals surface area contributed by atoms with Crippen molar-refractivity contribution < 1.29 is 19.1 Å².